The van der Waals surface area contributed by atoms with Crippen molar-refractivity contribution in [3.05, 3.63) is 34.9 Å². The Hall–Kier alpha value is -2.09. The summed E-state index contributed by atoms with van der Waals surface area (Å²) in [5.41, 5.74) is 0.708. The predicted molar refractivity (Wildman–Crippen MR) is 106 cm³/mol. The molecule has 8 heteroatoms. The van der Waals surface area contributed by atoms with E-state index in [2.05, 4.69) is 15.6 Å². The zero-order valence-electron chi connectivity index (χ0n) is 15.9. The maximum absolute atomic E-state index is 12.1. The molecule has 0 saturated heterocycles. The number of anilines is 1. The molecule has 7 nitrogen and oxygen atoms in total. The van der Waals surface area contributed by atoms with Crippen molar-refractivity contribution in [3.8, 4) is 0 Å². The number of nitrogens with zero attached hydrogens (tertiary/aromatic N) is 1. The first-order valence-corrected chi connectivity index (χ1v) is 9.10. The molecule has 2 rings (SSSR count). The Bertz CT molecular complexity index is 807. The minimum absolute atomic E-state index is 0.103. The number of nitrogens with one attached hydrogen (secondary N) is 2. The number of fused-ring (bicyclic) bond motifs is 1. The molecule has 2 aromatic rings. The molecule has 1 aromatic heterocycles. The first-order valence-electron chi connectivity index (χ1n) is 8.72. The number of benzene rings is 1. The number of pyridine rings is 1. The Morgan fingerprint density at radius 2 is 2.07 bits per heavy atom. The monoisotopic (exact) mass is 395 g/mol. The Kier molecular flexibility index (Phi) is 6.86. The van der Waals surface area contributed by atoms with Crippen LogP contribution in [0.4, 0.5) is 10.6 Å². The van der Waals surface area contributed by atoms with Gasteiger partial charge < -0.3 is 25.6 Å². The third-order valence-electron chi connectivity index (χ3n) is 3.74. The van der Waals surface area contributed by atoms with Crippen LogP contribution < -0.4 is 10.6 Å². The first-order chi connectivity index (χ1) is 12.6. The number of aliphatic hydroxyl groups excluding tert-OH is 2. The van der Waals surface area contributed by atoms with Crippen molar-refractivity contribution in [2.75, 3.05) is 18.5 Å². The van der Waals surface area contributed by atoms with Crippen LogP contribution in [-0.4, -0.2) is 46.1 Å². The Labute approximate surface area is 163 Å². The molecule has 0 spiro atoms. The number of rotatable bonds is 6. The van der Waals surface area contributed by atoms with Gasteiger partial charge in [-0.05, 0) is 39.8 Å². The fourth-order valence-corrected chi connectivity index (χ4v) is 2.72. The molecule has 27 heavy (non-hydrogen) atoms. The number of aliphatic hydroxyl groups is 2. The number of alkyl carbamates (subject to hydrolysis) is 1. The maximum Gasteiger partial charge on any atom is 0.408 e. The highest BCUT2D eigenvalue weighted by Crippen LogP contribution is 2.29. The second kappa shape index (κ2) is 8.73. The van der Waals surface area contributed by atoms with Crippen LogP contribution in [-0.2, 0) is 4.74 Å². The van der Waals surface area contributed by atoms with E-state index in [0.717, 1.165) is 5.39 Å². The van der Waals surface area contributed by atoms with Crippen LogP contribution in [0, 0.1) is 0 Å². The molecule has 0 radical (unpaired) electrons. The summed E-state index contributed by atoms with van der Waals surface area (Å²) in [6, 6.07) is 6.91. The standard InChI is InChI=1S/C19H26ClN3O4/c1-11(22-18(26)27-19(2,3)4)14-8-12-6-5-7-15(20)16(12)23-17(14)21-9-13(25)10-24/h5-8,11,13,24-25H,9-10H2,1-4H3,(H,21,23)(H,22,26)/t11-,13-/m0/s1. The summed E-state index contributed by atoms with van der Waals surface area (Å²) in [6.07, 6.45) is -1.47. The second-order valence-electron chi connectivity index (χ2n) is 7.32. The highest BCUT2D eigenvalue weighted by atomic mass is 35.5. The van der Waals surface area contributed by atoms with E-state index in [1.165, 1.54) is 0 Å². The van der Waals surface area contributed by atoms with Gasteiger partial charge in [0.1, 0.15) is 11.4 Å². The van der Waals surface area contributed by atoms with Gasteiger partial charge in [0.05, 0.1) is 29.3 Å². The van der Waals surface area contributed by atoms with Gasteiger partial charge in [0, 0.05) is 17.5 Å². The zero-order chi connectivity index (χ0) is 20.2. The van der Waals surface area contributed by atoms with E-state index in [1.807, 2.05) is 25.1 Å². The topological polar surface area (TPSA) is 104 Å². The smallest absolute Gasteiger partial charge is 0.408 e. The molecule has 0 bridgehead atoms. The van der Waals surface area contributed by atoms with E-state index < -0.39 is 23.8 Å². The lowest BCUT2D eigenvalue weighted by Crippen LogP contribution is -2.34. The Morgan fingerprint density at radius 3 is 2.70 bits per heavy atom. The van der Waals surface area contributed by atoms with Gasteiger partial charge in [0.25, 0.3) is 0 Å². The summed E-state index contributed by atoms with van der Waals surface area (Å²) < 4.78 is 5.31. The Balaban J connectivity index is 2.35. The molecule has 0 saturated carbocycles. The van der Waals surface area contributed by atoms with Gasteiger partial charge in [-0.15, -0.1) is 0 Å². The maximum atomic E-state index is 12.1. The van der Waals surface area contributed by atoms with Crippen LogP contribution in [0.25, 0.3) is 10.9 Å². The molecule has 1 aromatic carbocycles. The van der Waals surface area contributed by atoms with Gasteiger partial charge in [0.15, 0.2) is 0 Å². The SMILES string of the molecule is C[C@H](NC(=O)OC(C)(C)C)c1cc2cccc(Cl)c2nc1NC[C@H](O)CO. The average molecular weight is 396 g/mol. The van der Waals surface area contributed by atoms with E-state index in [0.29, 0.717) is 21.9 Å². The lowest BCUT2D eigenvalue weighted by Gasteiger charge is -2.23. The van der Waals surface area contributed by atoms with Crippen molar-refractivity contribution in [2.45, 2.75) is 45.4 Å². The summed E-state index contributed by atoms with van der Waals surface area (Å²) in [4.78, 5) is 16.7. The predicted octanol–water partition coefficient (Wildman–Crippen LogP) is 3.24. The minimum Gasteiger partial charge on any atom is -0.444 e. The lowest BCUT2D eigenvalue weighted by molar-refractivity contribution is 0.0508. The van der Waals surface area contributed by atoms with E-state index in [1.54, 1.807) is 26.8 Å². The molecule has 0 unspecified atom stereocenters. The number of carbonyl (C=O) groups excluding carboxylic acids is 1. The summed E-state index contributed by atoms with van der Waals surface area (Å²) in [7, 11) is 0. The van der Waals surface area contributed by atoms with Gasteiger partial charge >= 0.3 is 6.09 Å². The number of carbonyl (C=O) groups is 1. The number of hydrogen-bond donors (Lipinski definition) is 4. The van der Waals surface area contributed by atoms with Crippen LogP contribution in [0.2, 0.25) is 5.02 Å². The van der Waals surface area contributed by atoms with Crippen LogP contribution in [0.1, 0.15) is 39.3 Å². The number of ether oxygens (including phenoxy) is 1. The molecular formula is C19H26ClN3O4. The number of amides is 1. The van der Waals surface area contributed by atoms with Crippen LogP contribution in [0.5, 0.6) is 0 Å². The highest BCUT2D eigenvalue weighted by Gasteiger charge is 2.21. The molecule has 0 fully saturated rings. The zero-order valence-corrected chi connectivity index (χ0v) is 16.7. The fraction of sp³-hybridized carbons (Fsp3) is 0.474. The van der Waals surface area contributed by atoms with Crippen molar-refractivity contribution in [1.29, 1.82) is 0 Å². The summed E-state index contributed by atoms with van der Waals surface area (Å²) in [5, 5.41) is 25.8. The molecule has 4 N–H and O–H groups in total. The normalized spacial score (nSPS) is 13.9. The van der Waals surface area contributed by atoms with E-state index in [9.17, 15) is 9.90 Å². The van der Waals surface area contributed by atoms with E-state index in [4.69, 9.17) is 21.4 Å². The second-order valence-corrected chi connectivity index (χ2v) is 7.73. The highest BCUT2D eigenvalue weighted by molar-refractivity contribution is 6.35. The van der Waals surface area contributed by atoms with Gasteiger partial charge in [-0.1, -0.05) is 23.7 Å². The van der Waals surface area contributed by atoms with Crippen molar-refractivity contribution < 1.29 is 19.7 Å². The van der Waals surface area contributed by atoms with Crippen LogP contribution >= 0.6 is 11.6 Å². The van der Waals surface area contributed by atoms with Gasteiger partial charge in [0.2, 0.25) is 0 Å². The number of hydrogen-bond acceptors (Lipinski definition) is 6. The molecule has 0 aliphatic heterocycles. The molecular weight excluding hydrogens is 370 g/mol. The minimum atomic E-state index is -0.935. The molecule has 1 heterocycles. The van der Waals surface area contributed by atoms with Crippen molar-refractivity contribution in [3.63, 3.8) is 0 Å². The fourth-order valence-electron chi connectivity index (χ4n) is 2.49. The van der Waals surface area contributed by atoms with Gasteiger partial charge in [-0.3, -0.25) is 0 Å². The van der Waals surface area contributed by atoms with E-state index >= 15 is 0 Å². The third-order valence-corrected chi connectivity index (χ3v) is 4.05. The van der Waals surface area contributed by atoms with Crippen molar-refractivity contribution in [2.24, 2.45) is 0 Å². The quantitative estimate of drug-likeness (QED) is 0.598. The lowest BCUT2D eigenvalue weighted by atomic mass is 10.1. The summed E-state index contributed by atoms with van der Waals surface area (Å²) in [6.45, 7) is 6.92. The van der Waals surface area contributed by atoms with Gasteiger partial charge in [-0.2, -0.15) is 0 Å². The summed E-state index contributed by atoms with van der Waals surface area (Å²) in [5.74, 6) is 0.464. The van der Waals surface area contributed by atoms with E-state index in [-0.39, 0.29) is 13.2 Å². The Morgan fingerprint density at radius 1 is 1.37 bits per heavy atom. The first kappa shape index (κ1) is 21.2. The number of halogens is 1. The molecule has 1 amide bonds. The van der Waals surface area contributed by atoms with Gasteiger partial charge in [-0.25, -0.2) is 9.78 Å². The van der Waals surface area contributed by atoms with Crippen LogP contribution in [0.3, 0.4) is 0 Å². The van der Waals surface area contributed by atoms with Crippen molar-refractivity contribution >= 4 is 34.4 Å². The number of para-hydroxylation sites is 1. The molecule has 0 aliphatic carbocycles. The summed E-state index contributed by atoms with van der Waals surface area (Å²) >= 11 is 6.24. The molecule has 2 atom stereocenters. The average Bonchev–Trinajstić information content (AvgIpc) is 2.57. The number of aromatic nitrogens is 1. The largest absolute Gasteiger partial charge is 0.444 e. The molecule has 0 aliphatic rings. The molecule has 148 valence electrons. The van der Waals surface area contributed by atoms with Crippen molar-refractivity contribution in [1.82, 2.24) is 10.3 Å². The third kappa shape index (κ3) is 5.95. The van der Waals surface area contributed by atoms with Crippen LogP contribution in [0.15, 0.2) is 24.3 Å².